The predicted octanol–water partition coefficient (Wildman–Crippen LogP) is 3.45. The molecule has 2 aromatic heterocycles. The summed E-state index contributed by atoms with van der Waals surface area (Å²) in [5, 5.41) is 3.00. The molecule has 4 aliphatic rings. The van der Waals surface area contributed by atoms with Crippen LogP contribution in [0.25, 0.3) is 0 Å². The monoisotopic (exact) mass is 567 g/mol. The lowest BCUT2D eigenvalue weighted by molar-refractivity contribution is 0.0981. The first-order chi connectivity index (χ1) is 19.0. The first-order valence-corrected chi connectivity index (χ1v) is 15.7. The number of carbonyl (C=O) groups excluding carboxylic acids is 2. The molecule has 40 heavy (non-hydrogen) atoms. The van der Waals surface area contributed by atoms with Crippen molar-refractivity contribution in [2.45, 2.75) is 69.5 Å². The second-order valence-corrected chi connectivity index (χ2v) is 13.8. The van der Waals surface area contributed by atoms with Crippen molar-refractivity contribution >= 4 is 39.4 Å². The molecular formula is C28H37N7O4S. The minimum Gasteiger partial charge on any atom is -0.370 e. The number of pyridine rings is 2. The van der Waals surface area contributed by atoms with Crippen molar-refractivity contribution in [3.63, 3.8) is 0 Å². The van der Waals surface area contributed by atoms with Crippen molar-refractivity contribution in [3.8, 4) is 0 Å². The maximum atomic E-state index is 13.6. The third kappa shape index (κ3) is 4.76. The van der Waals surface area contributed by atoms with Crippen LogP contribution in [0.1, 0.15) is 63.2 Å². The first-order valence-electron chi connectivity index (χ1n) is 14.2. The van der Waals surface area contributed by atoms with Gasteiger partial charge in [0.25, 0.3) is 15.9 Å². The molecule has 1 unspecified atom stereocenters. The predicted molar refractivity (Wildman–Crippen MR) is 152 cm³/mol. The van der Waals surface area contributed by atoms with Crippen molar-refractivity contribution in [1.82, 2.24) is 19.6 Å². The van der Waals surface area contributed by atoms with Gasteiger partial charge in [0.2, 0.25) is 0 Å². The molecule has 0 radical (unpaired) electrons. The van der Waals surface area contributed by atoms with E-state index in [2.05, 4.69) is 40.7 Å². The van der Waals surface area contributed by atoms with Crippen LogP contribution in [-0.2, 0) is 10.0 Å². The number of anilines is 3. The van der Waals surface area contributed by atoms with E-state index in [1.54, 1.807) is 29.2 Å². The van der Waals surface area contributed by atoms with E-state index in [1.165, 1.54) is 6.07 Å². The van der Waals surface area contributed by atoms with Crippen LogP contribution in [-0.4, -0.2) is 73.0 Å². The highest BCUT2D eigenvalue weighted by Crippen LogP contribution is 2.42. The fourth-order valence-corrected chi connectivity index (χ4v) is 7.59. The molecule has 6 rings (SSSR count). The average Bonchev–Trinajstić information content (AvgIpc) is 3.43. The molecule has 4 bridgehead atoms. The molecule has 0 spiro atoms. The fourth-order valence-electron chi connectivity index (χ4n) is 6.66. The molecule has 3 atom stereocenters. The Morgan fingerprint density at radius 2 is 1.85 bits per heavy atom. The van der Waals surface area contributed by atoms with E-state index in [9.17, 15) is 18.0 Å². The standard InChI is InChI=1S/C28H37N7O4S/c1-18-12-13-29-22-8-6-9-24(30-22)40(38,39)32-26(36)21-10-11-23(31-25(21)35-16-19(18)15-28(35,2)3)34-17-20-7-4-5-14-33(20)27(34)37/h6,8-11,18-20H,4-5,7,12-17H2,1-3H3,(H,29,30)(H,32,36)/t18-,19-,20?/m0/s1. The summed E-state index contributed by atoms with van der Waals surface area (Å²) in [5.41, 5.74) is -0.177. The van der Waals surface area contributed by atoms with Crippen LogP contribution < -0.4 is 19.8 Å². The molecular weight excluding hydrogens is 530 g/mol. The smallest absolute Gasteiger partial charge is 0.326 e. The Kier molecular flexibility index (Phi) is 6.63. The number of rotatable bonds is 1. The van der Waals surface area contributed by atoms with Gasteiger partial charge in [-0.2, -0.15) is 8.42 Å². The lowest BCUT2D eigenvalue weighted by Gasteiger charge is -2.34. The van der Waals surface area contributed by atoms with Crippen LogP contribution in [0.4, 0.5) is 22.2 Å². The van der Waals surface area contributed by atoms with Crippen LogP contribution in [0.5, 0.6) is 0 Å². The quantitative estimate of drug-likeness (QED) is 0.537. The van der Waals surface area contributed by atoms with Gasteiger partial charge in [-0.25, -0.2) is 19.5 Å². The second-order valence-electron chi connectivity index (χ2n) is 12.2. The van der Waals surface area contributed by atoms with E-state index in [0.717, 1.165) is 38.6 Å². The van der Waals surface area contributed by atoms with Gasteiger partial charge >= 0.3 is 6.03 Å². The molecule has 4 aliphatic heterocycles. The van der Waals surface area contributed by atoms with E-state index in [-0.39, 0.29) is 28.2 Å². The van der Waals surface area contributed by atoms with Crippen molar-refractivity contribution < 1.29 is 18.0 Å². The van der Waals surface area contributed by atoms with Crippen molar-refractivity contribution in [1.29, 1.82) is 0 Å². The SMILES string of the molecule is C[C@H]1CCNc2cccc(n2)S(=O)(=O)NC(=O)c2ccc(N3CC4CCCCN4C3=O)nc2N2C[C@@H]1CC2(C)C. The first kappa shape index (κ1) is 26.8. The Morgan fingerprint density at radius 1 is 1.02 bits per heavy atom. The summed E-state index contributed by atoms with van der Waals surface area (Å²) in [5.74, 6) is 1.26. The maximum Gasteiger partial charge on any atom is 0.326 e. The molecule has 0 aromatic carbocycles. The van der Waals surface area contributed by atoms with E-state index < -0.39 is 15.9 Å². The number of amides is 3. The molecule has 11 nitrogen and oxygen atoms in total. The lowest BCUT2D eigenvalue weighted by Crippen LogP contribution is -2.41. The molecule has 214 valence electrons. The van der Waals surface area contributed by atoms with E-state index in [0.29, 0.717) is 48.9 Å². The number of hydrogen-bond donors (Lipinski definition) is 2. The summed E-state index contributed by atoms with van der Waals surface area (Å²) >= 11 is 0. The van der Waals surface area contributed by atoms with Crippen molar-refractivity contribution in [3.05, 3.63) is 35.9 Å². The Morgan fingerprint density at radius 3 is 2.65 bits per heavy atom. The molecule has 2 aromatic rings. The number of carbonyl (C=O) groups is 2. The maximum absolute atomic E-state index is 13.6. The topological polar surface area (TPSA) is 128 Å². The van der Waals surface area contributed by atoms with Gasteiger partial charge in [-0.15, -0.1) is 0 Å². The Hall–Kier alpha value is -3.41. The van der Waals surface area contributed by atoms with Crippen LogP contribution in [0.15, 0.2) is 35.4 Å². The average molecular weight is 568 g/mol. The van der Waals surface area contributed by atoms with Crippen molar-refractivity contribution in [2.75, 3.05) is 41.3 Å². The second kappa shape index (κ2) is 9.90. The Balaban J connectivity index is 1.43. The van der Waals surface area contributed by atoms with Crippen LogP contribution in [0, 0.1) is 11.8 Å². The lowest BCUT2D eigenvalue weighted by atomic mass is 9.86. The largest absolute Gasteiger partial charge is 0.370 e. The summed E-state index contributed by atoms with van der Waals surface area (Å²) in [6, 6.07) is 8.05. The highest BCUT2D eigenvalue weighted by Gasteiger charge is 2.44. The van der Waals surface area contributed by atoms with Crippen LogP contribution >= 0.6 is 0 Å². The minimum absolute atomic E-state index is 0.0630. The van der Waals surface area contributed by atoms with Gasteiger partial charge in [0, 0.05) is 31.7 Å². The summed E-state index contributed by atoms with van der Waals surface area (Å²) in [6.07, 6.45) is 4.84. The molecule has 3 saturated heterocycles. The Bertz CT molecular complexity index is 1450. The summed E-state index contributed by atoms with van der Waals surface area (Å²) in [4.78, 5) is 41.9. The summed E-state index contributed by atoms with van der Waals surface area (Å²) < 4.78 is 28.6. The van der Waals surface area contributed by atoms with E-state index in [4.69, 9.17) is 4.98 Å². The summed E-state index contributed by atoms with van der Waals surface area (Å²) in [7, 11) is -4.24. The van der Waals surface area contributed by atoms with Gasteiger partial charge in [-0.3, -0.25) is 9.69 Å². The van der Waals surface area contributed by atoms with Gasteiger partial charge in [0.05, 0.1) is 11.6 Å². The van der Waals surface area contributed by atoms with Gasteiger partial charge in [-0.1, -0.05) is 13.0 Å². The molecule has 0 saturated carbocycles. The van der Waals surface area contributed by atoms with Gasteiger partial charge in [0.1, 0.15) is 17.5 Å². The number of hydrogen-bond acceptors (Lipinski definition) is 8. The fraction of sp³-hybridized carbons (Fsp3) is 0.571. The number of sulfonamides is 1. The van der Waals surface area contributed by atoms with Gasteiger partial charge in [-0.05, 0) is 82.1 Å². The molecule has 3 amide bonds. The van der Waals surface area contributed by atoms with Gasteiger partial charge < -0.3 is 15.1 Å². The van der Waals surface area contributed by atoms with E-state index in [1.807, 2.05) is 4.90 Å². The molecule has 0 aliphatic carbocycles. The third-order valence-corrected chi connectivity index (χ3v) is 10.2. The molecule has 2 N–H and O–H groups in total. The normalized spacial score (nSPS) is 27.7. The number of piperidine rings is 1. The zero-order valence-electron chi connectivity index (χ0n) is 23.3. The third-order valence-electron chi connectivity index (χ3n) is 8.98. The highest BCUT2D eigenvalue weighted by atomic mass is 32.2. The zero-order chi connectivity index (χ0) is 28.2. The number of aromatic nitrogens is 2. The van der Waals surface area contributed by atoms with E-state index >= 15 is 0 Å². The minimum atomic E-state index is -4.24. The van der Waals surface area contributed by atoms with Gasteiger partial charge in [0.15, 0.2) is 5.03 Å². The summed E-state index contributed by atoms with van der Waals surface area (Å²) in [6.45, 7) is 9.11. The molecule has 3 fully saturated rings. The van der Waals surface area contributed by atoms with Crippen LogP contribution in [0.3, 0.4) is 0 Å². The molecule has 12 heteroatoms. The van der Waals surface area contributed by atoms with Crippen LogP contribution in [0.2, 0.25) is 0 Å². The zero-order valence-corrected chi connectivity index (χ0v) is 24.1. The van der Waals surface area contributed by atoms with Crippen molar-refractivity contribution in [2.24, 2.45) is 11.8 Å². The molecule has 6 heterocycles. The number of urea groups is 1. The number of fused-ring (bicyclic) bond motifs is 7. The number of nitrogens with one attached hydrogen (secondary N) is 2. The highest BCUT2D eigenvalue weighted by molar-refractivity contribution is 7.90. The Labute approximate surface area is 235 Å². The number of nitrogens with zero attached hydrogens (tertiary/aromatic N) is 5.